The molecule has 0 radical (unpaired) electrons. The van der Waals surface area contributed by atoms with E-state index in [0.29, 0.717) is 52.1 Å². The Morgan fingerprint density at radius 2 is 1.75 bits per heavy atom. The number of benzene rings is 1. The number of amides is 2. The summed E-state index contributed by atoms with van der Waals surface area (Å²) in [5.41, 5.74) is -0.457. The second-order valence-corrected chi connectivity index (χ2v) is 9.88. The Balaban J connectivity index is 1.80. The molecule has 2 fully saturated rings. The molecule has 0 saturated carbocycles. The first kappa shape index (κ1) is 24.3. The van der Waals surface area contributed by atoms with Gasteiger partial charge in [-0.05, 0) is 39.7 Å². The van der Waals surface area contributed by atoms with Crippen LogP contribution in [0.4, 0.5) is 4.79 Å². The number of aliphatic hydroxyl groups is 1. The number of hydrogen-bond acceptors (Lipinski definition) is 6. The van der Waals surface area contributed by atoms with E-state index in [-0.39, 0.29) is 18.0 Å². The molecule has 2 aliphatic rings. The van der Waals surface area contributed by atoms with Crippen LogP contribution in [0, 0.1) is 0 Å². The zero-order valence-corrected chi connectivity index (χ0v) is 20.0. The maximum atomic E-state index is 12.8. The molecule has 2 heterocycles. The average Bonchev–Trinajstić information content (AvgIpc) is 2.73. The molecule has 178 valence electrons. The van der Waals surface area contributed by atoms with Crippen LogP contribution in [0.25, 0.3) is 0 Å². The van der Waals surface area contributed by atoms with Crippen molar-refractivity contribution in [1.29, 1.82) is 0 Å². The summed E-state index contributed by atoms with van der Waals surface area (Å²) in [4.78, 5) is 30.2. The molecule has 1 N–H and O–H groups in total. The van der Waals surface area contributed by atoms with Crippen molar-refractivity contribution in [3.8, 4) is 5.75 Å². The molecular formula is C24H37N3O5. The van der Waals surface area contributed by atoms with E-state index in [1.54, 1.807) is 23.8 Å². The number of nitrogens with zero attached hydrogens (tertiary/aromatic N) is 3. The lowest BCUT2D eigenvalue weighted by atomic mass is 9.89. The molecule has 2 aliphatic heterocycles. The molecule has 0 aromatic heterocycles. The fraction of sp³-hybridized carbons (Fsp3) is 0.667. The minimum Gasteiger partial charge on any atom is -0.496 e. The first-order chi connectivity index (χ1) is 15.0. The van der Waals surface area contributed by atoms with Crippen molar-refractivity contribution in [3.05, 3.63) is 29.8 Å². The number of likely N-dealkylation sites (tertiary alicyclic amines) is 1. The fourth-order valence-electron chi connectivity index (χ4n) is 4.51. The summed E-state index contributed by atoms with van der Waals surface area (Å²) in [5.74, 6) is 0.803. The summed E-state index contributed by atoms with van der Waals surface area (Å²) >= 11 is 0. The lowest BCUT2D eigenvalue weighted by molar-refractivity contribution is -0.134. The van der Waals surface area contributed by atoms with E-state index in [9.17, 15) is 14.7 Å². The number of rotatable bonds is 4. The Labute approximate surface area is 191 Å². The summed E-state index contributed by atoms with van der Waals surface area (Å²) in [6.45, 7) is 10.3. The highest BCUT2D eigenvalue weighted by Gasteiger charge is 2.40. The first-order valence-corrected chi connectivity index (χ1v) is 11.3. The van der Waals surface area contributed by atoms with E-state index in [1.807, 2.05) is 45.0 Å². The van der Waals surface area contributed by atoms with Gasteiger partial charge in [-0.25, -0.2) is 4.79 Å². The predicted octanol–water partition coefficient (Wildman–Crippen LogP) is 2.66. The summed E-state index contributed by atoms with van der Waals surface area (Å²) in [7, 11) is 1.64. The van der Waals surface area contributed by atoms with Crippen molar-refractivity contribution < 1.29 is 24.2 Å². The maximum absolute atomic E-state index is 12.8. The lowest BCUT2D eigenvalue weighted by Crippen LogP contribution is -2.57. The van der Waals surface area contributed by atoms with Crippen molar-refractivity contribution in [2.75, 3.05) is 46.4 Å². The van der Waals surface area contributed by atoms with Crippen molar-refractivity contribution >= 4 is 12.0 Å². The zero-order valence-electron chi connectivity index (χ0n) is 20.0. The summed E-state index contributed by atoms with van der Waals surface area (Å²) < 4.78 is 11.2. The van der Waals surface area contributed by atoms with Gasteiger partial charge in [-0.15, -0.1) is 0 Å². The smallest absolute Gasteiger partial charge is 0.410 e. The number of para-hydroxylation sites is 1. The third kappa shape index (κ3) is 5.92. The molecule has 32 heavy (non-hydrogen) atoms. The monoisotopic (exact) mass is 447 g/mol. The highest BCUT2D eigenvalue weighted by atomic mass is 16.6. The Bertz CT molecular complexity index is 814. The average molecular weight is 448 g/mol. The molecule has 2 saturated heterocycles. The highest BCUT2D eigenvalue weighted by Crippen LogP contribution is 2.35. The second-order valence-electron chi connectivity index (χ2n) is 9.88. The van der Waals surface area contributed by atoms with Gasteiger partial charge in [0.2, 0.25) is 5.91 Å². The van der Waals surface area contributed by atoms with Crippen molar-refractivity contribution in [2.45, 2.75) is 57.8 Å². The Kier molecular flexibility index (Phi) is 7.35. The predicted molar refractivity (Wildman–Crippen MR) is 122 cm³/mol. The number of piperidine rings is 1. The molecule has 2 amide bonds. The summed E-state index contributed by atoms with van der Waals surface area (Å²) in [6, 6.07) is 7.67. The third-order valence-corrected chi connectivity index (χ3v) is 6.28. The van der Waals surface area contributed by atoms with E-state index in [2.05, 4.69) is 4.90 Å². The van der Waals surface area contributed by atoms with Crippen LogP contribution in [0.2, 0.25) is 0 Å². The van der Waals surface area contributed by atoms with Crippen molar-refractivity contribution in [3.63, 3.8) is 0 Å². The standard InChI is InChI=1S/C24H37N3O5/c1-18(28)25-12-10-24(30,11-13-25)17-27-15-14-26(22(29)32-23(2,3)4)16-20(27)19-8-6-7-9-21(19)31-5/h6-9,20,30H,10-17H2,1-5H3/t20-/m1/s1. The summed E-state index contributed by atoms with van der Waals surface area (Å²) in [6.07, 6.45) is 0.750. The van der Waals surface area contributed by atoms with Crippen LogP contribution >= 0.6 is 0 Å². The van der Waals surface area contributed by atoms with Gasteiger partial charge >= 0.3 is 6.09 Å². The molecular weight excluding hydrogens is 410 g/mol. The van der Waals surface area contributed by atoms with Crippen molar-refractivity contribution in [2.24, 2.45) is 0 Å². The van der Waals surface area contributed by atoms with Gasteiger partial charge < -0.3 is 24.4 Å². The Hall–Kier alpha value is -2.32. The third-order valence-electron chi connectivity index (χ3n) is 6.28. The minimum atomic E-state index is -0.875. The molecule has 3 rings (SSSR count). The van der Waals surface area contributed by atoms with Crippen LogP contribution in [0.3, 0.4) is 0 Å². The molecule has 8 heteroatoms. The number of piperazine rings is 1. The van der Waals surface area contributed by atoms with Gasteiger partial charge in [0.05, 0.1) is 18.8 Å². The second kappa shape index (κ2) is 9.67. The number of methoxy groups -OCH3 is 1. The molecule has 0 unspecified atom stereocenters. The van der Waals surface area contributed by atoms with Crippen LogP contribution in [0.15, 0.2) is 24.3 Å². The minimum absolute atomic E-state index is 0.0462. The van der Waals surface area contributed by atoms with Gasteiger partial charge in [-0.3, -0.25) is 9.69 Å². The summed E-state index contributed by atoms with van der Waals surface area (Å²) in [5, 5.41) is 11.3. The maximum Gasteiger partial charge on any atom is 0.410 e. The number of ether oxygens (including phenoxy) is 2. The molecule has 0 bridgehead atoms. The largest absolute Gasteiger partial charge is 0.496 e. The van der Waals surface area contributed by atoms with Crippen LogP contribution in [0.5, 0.6) is 5.75 Å². The van der Waals surface area contributed by atoms with Gasteiger partial charge in [-0.1, -0.05) is 18.2 Å². The van der Waals surface area contributed by atoms with E-state index >= 15 is 0 Å². The number of carbonyl (C=O) groups excluding carboxylic acids is 2. The number of carbonyl (C=O) groups is 2. The molecule has 0 spiro atoms. The Morgan fingerprint density at radius 1 is 1.09 bits per heavy atom. The fourth-order valence-corrected chi connectivity index (χ4v) is 4.51. The van der Waals surface area contributed by atoms with Crippen molar-refractivity contribution in [1.82, 2.24) is 14.7 Å². The van der Waals surface area contributed by atoms with Gasteiger partial charge in [0.1, 0.15) is 11.4 Å². The lowest BCUT2D eigenvalue weighted by Gasteiger charge is -2.47. The molecule has 8 nitrogen and oxygen atoms in total. The van der Waals surface area contributed by atoms with Gasteiger partial charge in [0.25, 0.3) is 0 Å². The van der Waals surface area contributed by atoms with E-state index in [4.69, 9.17) is 9.47 Å². The van der Waals surface area contributed by atoms with Gasteiger partial charge in [0, 0.05) is 51.8 Å². The first-order valence-electron chi connectivity index (χ1n) is 11.3. The molecule has 1 atom stereocenters. The van der Waals surface area contributed by atoms with E-state index in [0.717, 1.165) is 11.3 Å². The zero-order chi connectivity index (χ0) is 23.5. The van der Waals surface area contributed by atoms with Crippen LogP contribution in [-0.2, 0) is 9.53 Å². The van der Waals surface area contributed by atoms with Gasteiger partial charge in [-0.2, -0.15) is 0 Å². The SMILES string of the molecule is COc1ccccc1[C@H]1CN(C(=O)OC(C)(C)C)CCN1CC1(O)CCN(C(C)=O)CC1. The van der Waals surface area contributed by atoms with E-state index in [1.165, 1.54) is 0 Å². The molecule has 0 aliphatic carbocycles. The molecule has 1 aromatic carbocycles. The number of hydrogen-bond donors (Lipinski definition) is 1. The quantitative estimate of drug-likeness (QED) is 0.764. The van der Waals surface area contributed by atoms with E-state index < -0.39 is 11.2 Å². The normalized spacial score (nSPS) is 21.9. The van der Waals surface area contributed by atoms with Crippen LogP contribution < -0.4 is 4.74 Å². The van der Waals surface area contributed by atoms with Gasteiger partial charge in [0.15, 0.2) is 0 Å². The Morgan fingerprint density at radius 3 is 2.34 bits per heavy atom. The highest BCUT2D eigenvalue weighted by molar-refractivity contribution is 5.73. The number of β-amino-alcohol motifs (C(OH)–C–C–N with tert-alkyl or cyclic N) is 1. The van der Waals surface area contributed by atoms with Crippen LogP contribution in [-0.4, -0.2) is 89.4 Å². The van der Waals surface area contributed by atoms with Crippen LogP contribution in [0.1, 0.15) is 52.1 Å². The topological polar surface area (TPSA) is 82.5 Å². The molecule has 1 aromatic rings.